The Morgan fingerprint density at radius 2 is 2.17 bits per heavy atom. The lowest BCUT2D eigenvalue weighted by Gasteiger charge is -2.35. The number of hydrogen-bond acceptors (Lipinski definition) is 5. The Balaban J connectivity index is 1.94. The zero-order chi connectivity index (χ0) is 17.5. The highest BCUT2D eigenvalue weighted by atomic mass is 16.5. The molecule has 1 amide bonds. The van der Waals surface area contributed by atoms with E-state index in [-0.39, 0.29) is 11.9 Å². The van der Waals surface area contributed by atoms with Gasteiger partial charge in [-0.2, -0.15) is 0 Å². The third kappa shape index (κ3) is 4.82. The Morgan fingerprint density at radius 3 is 2.75 bits per heavy atom. The minimum absolute atomic E-state index is 0.0379. The van der Waals surface area contributed by atoms with Crippen molar-refractivity contribution in [3.8, 4) is 0 Å². The molecule has 0 radical (unpaired) electrons. The van der Waals surface area contributed by atoms with E-state index in [0.29, 0.717) is 25.7 Å². The molecule has 0 aliphatic carbocycles. The van der Waals surface area contributed by atoms with Crippen molar-refractivity contribution in [2.45, 2.75) is 45.9 Å². The maximum absolute atomic E-state index is 12.5. The van der Waals surface area contributed by atoms with Gasteiger partial charge in [0.2, 0.25) is 0 Å². The summed E-state index contributed by atoms with van der Waals surface area (Å²) in [4.78, 5) is 17.1. The first kappa shape index (κ1) is 19.0. The maximum Gasteiger partial charge on any atom is 0.250 e. The summed E-state index contributed by atoms with van der Waals surface area (Å²) in [6.45, 7) is 13.0. The quantitative estimate of drug-likeness (QED) is 0.785. The molecule has 1 N–H and O–H groups in total. The summed E-state index contributed by atoms with van der Waals surface area (Å²) in [6.07, 6.45) is 1.29. The molecule has 2 atom stereocenters. The topological polar surface area (TPSA) is 58.0 Å². The van der Waals surface area contributed by atoms with E-state index in [1.807, 2.05) is 12.1 Å². The van der Waals surface area contributed by atoms with Gasteiger partial charge in [0.25, 0.3) is 5.91 Å². The predicted octanol–water partition coefficient (Wildman–Crippen LogP) is 1.89. The van der Waals surface area contributed by atoms with Gasteiger partial charge in [0, 0.05) is 25.7 Å². The number of carbonyl (C=O) groups is 1. The van der Waals surface area contributed by atoms with Crippen LogP contribution in [0.2, 0.25) is 0 Å². The van der Waals surface area contributed by atoms with E-state index >= 15 is 0 Å². The van der Waals surface area contributed by atoms with Crippen molar-refractivity contribution in [2.24, 2.45) is 0 Å². The molecule has 2 rings (SSSR count). The summed E-state index contributed by atoms with van der Waals surface area (Å²) < 4.78 is 11.2. The Kier molecular flexibility index (Phi) is 7.27. The van der Waals surface area contributed by atoms with Crippen molar-refractivity contribution in [3.05, 3.63) is 24.2 Å². The summed E-state index contributed by atoms with van der Waals surface area (Å²) >= 11 is 0. The van der Waals surface area contributed by atoms with E-state index in [4.69, 9.17) is 9.15 Å². The molecule has 6 heteroatoms. The number of nitrogens with zero attached hydrogens (tertiary/aromatic N) is 2. The average Bonchev–Trinajstić information content (AvgIpc) is 3.12. The number of hydrogen-bond donors (Lipinski definition) is 1. The number of furan rings is 1. The SMILES string of the molecule is CCN(CC)[C@H](CNC(=O)[C@H]1CN(C(C)C)CCO1)c1ccco1. The van der Waals surface area contributed by atoms with Crippen LogP contribution in [0.15, 0.2) is 22.8 Å². The predicted molar refractivity (Wildman–Crippen MR) is 93.8 cm³/mol. The van der Waals surface area contributed by atoms with Gasteiger partial charge >= 0.3 is 0 Å². The van der Waals surface area contributed by atoms with Crippen LogP contribution < -0.4 is 5.32 Å². The van der Waals surface area contributed by atoms with Crippen molar-refractivity contribution in [1.82, 2.24) is 15.1 Å². The Labute approximate surface area is 145 Å². The van der Waals surface area contributed by atoms with Gasteiger partial charge in [-0.3, -0.25) is 14.6 Å². The number of rotatable bonds is 8. The minimum Gasteiger partial charge on any atom is -0.468 e. The van der Waals surface area contributed by atoms with Gasteiger partial charge in [-0.1, -0.05) is 13.8 Å². The lowest BCUT2D eigenvalue weighted by Crippen LogP contribution is -2.52. The summed E-state index contributed by atoms with van der Waals surface area (Å²) in [7, 11) is 0. The Hall–Kier alpha value is -1.37. The molecular formula is C18H31N3O3. The summed E-state index contributed by atoms with van der Waals surface area (Å²) in [6, 6.07) is 4.32. The van der Waals surface area contributed by atoms with Gasteiger partial charge in [-0.25, -0.2) is 0 Å². The van der Waals surface area contributed by atoms with Crippen LogP contribution >= 0.6 is 0 Å². The van der Waals surface area contributed by atoms with Crippen LogP contribution in [0.3, 0.4) is 0 Å². The molecule has 0 unspecified atom stereocenters. The van der Waals surface area contributed by atoms with Gasteiger partial charge in [0.15, 0.2) is 0 Å². The van der Waals surface area contributed by atoms with Crippen LogP contribution in [-0.4, -0.2) is 67.2 Å². The molecule has 1 aromatic rings. The largest absolute Gasteiger partial charge is 0.468 e. The molecule has 0 aromatic carbocycles. The molecule has 1 aliphatic heterocycles. The van der Waals surface area contributed by atoms with Crippen LogP contribution in [0.1, 0.15) is 39.5 Å². The standard InChI is InChI=1S/C18H31N3O3/c1-5-20(6-2)15(16-8-7-10-23-16)12-19-18(22)17-13-21(14(3)4)9-11-24-17/h7-8,10,14-15,17H,5-6,9,11-13H2,1-4H3,(H,19,22)/t15-,17-/m1/s1. The average molecular weight is 337 g/mol. The molecule has 24 heavy (non-hydrogen) atoms. The fourth-order valence-electron chi connectivity index (χ4n) is 3.16. The van der Waals surface area contributed by atoms with E-state index in [1.165, 1.54) is 0 Å². The van der Waals surface area contributed by atoms with E-state index in [1.54, 1.807) is 6.26 Å². The highest BCUT2D eigenvalue weighted by molar-refractivity contribution is 5.81. The molecule has 6 nitrogen and oxygen atoms in total. The van der Waals surface area contributed by atoms with Crippen LogP contribution in [0.5, 0.6) is 0 Å². The molecule has 1 saturated heterocycles. The van der Waals surface area contributed by atoms with E-state index < -0.39 is 6.10 Å². The van der Waals surface area contributed by atoms with Crippen LogP contribution in [-0.2, 0) is 9.53 Å². The van der Waals surface area contributed by atoms with Crippen molar-refractivity contribution < 1.29 is 13.9 Å². The maximum atomic E-state index is 12.5. The first-order valence-electron chi connectivity index (χ1n) is 8.97. The molecule has 0 bridgehead atoms. The fourth-order valence-corrected chi connectivity index (χ4v) is 3.16. The monoisotopic (exact) mass is 337 g/mol. The van der Waals surface area contributed by atoms with E-state index in [2.05, 4.69) is 42.8 Å². The molecule has 2 heterocycles. The second-order valence-corrected chi connectivity index (χ2v) is 6.45. The minimum atomic E-state index is -0.393. The summed E-state index contributed by atoms with van der Waals surface area (Å²) in [5.74, 6) is 0.844. The molecule has 1 aromatic heterocycles. The van der Waals surface area contributed by atoms with Gasteiger partial charge in [-0.05, 0) is 39.1 Å². The van der Waals surface area contributed by atoms with Crippen molar-refractivity contribution in [3.63, 3.8) is 0 Å². The molecule has 1 aliphatic rings. The third-order valence-corrected chi connectivity index (χ3v) is 4.71. The number of carbonyl (C=O) groups excluding carboxylic acids is 1. The van der Waals surface area contributed by atoms with E-state index in [0.717, 1.165) is 25.4 Å². The molecule has 0 spiro atoms. The molecule has 0 saturated carbocycles. The van der Waals surface area contributed by atoms with Crippen LogP contribution in [0.25, 0.3) is 0 Å². The zero-order valence-corrected chi connectivity index (χ0v) is 15.3. The fraction of sp³-hybridized carbons (Fsp3) is 0.722. The smallest absolute Gasteiger partial charge is 0.250 e. The number of nitrogens with one attached hydrogen (secondary N) is 1. The first-order valence-corrected chi connectivity index (χ1v) is 8.97. The van der Waals surface area contributed by atoms with E-state index in [9.17, 15) is 4.79 Å². The van der Waals surface area contributed by atoms with Crippen molar-refractivity contribution >= 4 is 5.91 Å². The number of morpholine rings is 1. The molecular weight excluding hydrogens is 306 g/mol. The number of likely N-dealkylation sites (N-methyl/N-ethyl adjacent to an activating group) is 1. The van der Waals surface area contributed by atoms with Gasteiger partial charge in [0.05, 0.1) is 18.9 Å². The Morgan fingerprint density at radius 1 is 1.42 bits per heavy atom. The third-order valence-electron chi connectivity index (χ3n) is 4.71. The molecule has 1 fully saturated rings. The lowest BCUT2D eigenvalue weighted by atomic mass is 10.1. The van der Waals surface area contributed by atoms with Crippen molar-refractivity contribution in [2.75, 3.05) is 39.3 Å². The second-order valence-electron chi connectivity index (χ2n) is 6.45. The first-order chi connectivity index (χ1) is 11.6. The zero-order valence-electron chi connectivity index (χ0n) is 15.3. The normalized spacial score (nSPS) is 20.5. The Bertz CT molecular complexity index is 486. The summed E-state index contributed by atoms with van der Waals surface area (Å²) in [5, 5.41) is 3.06. The van der Waals surface area contributed by atoms with Gasteiger partial charge in [0.1, 0.15) is 11.9 Å². The molecule has 136 valence electrons. The number of amides is 1. The highest BCUT2D eigenvalue weighted by Crippen LogP contribution is 2.20. The summed E-state index contributed by atoms with van der Waals surface area (Å²) in [5.41, 5.74) is 0. The highest BCUT2D eigenvalue weighted by Gasteiger charge is 2.29. The van der Waals surface area contributed by atoms with Crippen LogP contribution in [0.4, 0.5) is 0 Å². The second kappa shape index (κ2) is 9.20. The van der Waals surface area contributed by atoms with Gasteiger partial charge < -0.3 is 14.5 Å². The van der Waals surface area contributed by atoms with Crippen molar-refractivity contribution in [1.29, 1.82) is 0 Å². The number of ether oxygens (including phenoxy) is 1. The van der Waals surface area contributed by atoms with Crippen LogP contribution in [0, 0.1) is 0 Å². The van der Waals surface area contributed by atoms with Gasteiger partial charge in [-0.15, -0.1) is 0 Å². The lowest BCUT2D eigenvalue weighted by molar-refractivity contribution is -0.139.